The zero-order chi connectivity index (χ0) is 19.0. The third-order valence-electron chi connectivity index (χ3n) is 3.86. The van der Waals surface area contributed by atoms with Gasteiger partial charge < -0.3 is 19.7 Å². The maximum absolute atomic E-state index is 12.4. The van der Waals surface area contributed by atoms with Gasteiger partial charge in [0.15, 0.2) is 0 Å². The molecule has 1 radical (unpaired) electrons. The van der Waals surface area contributed by atoms with E-state index in [0.717, 1.165) is 5.56 Å². The molecule has 2 amide bonds. The van der Waals surface area contributed by atoms with E-state index in [1.54, 1.807) is 7.05 Å². The lowest BCUT2D eigenvalue weighted by molar-refractivity contribution is -0.166. The van der Waals surface area contributed by atoms with E-state index < -0.39 is 23.9 Å². The predicted molar refractivity (Wildman–Crippen MR) is 92.2 cm³/mol. The number of nitrogens with zero attached hydrogens (tertiary/aromatic N) is 1. The van der Waals surface area contributed by atoms with Gasteiger partial charge in [-0.05, 0) is 18.9 Å². The van der Waals surface area contributed by atoms with Crippen LogP contribution in [0.25, 0.3) is 0 Å². The van der Waals surface area contributed by atoms with Crippen molar-refractivity contribution in [2.24, 2.45) is 0 Å². The Morgan fingerprint density at radius 2 is 1.84 bits per heavy atom. The molecule has 0 aromatic heterocycles. The summed E-state index contributed by atoms with van der Waals surface area (Å²) in [5.74, 6) is -1.05. The summed E-state index contributed by atoms with van der Waals surface area (Å²) in [5, 5.41) is 2.31. The average Bonchev–Trinajstić information content (AvgIpc) is 2.59. The largest absolute Gasteiger partial charge is 0.424 e. The maximum Gasteiger partial charge on any atom is 0.413 e. The Labute approximate surface area is 148 Å². The van der Waals surface area contributed by atoms with E-state index in [-0.39, 0.29) is 12.5 Å². The fourth-order valence-electron chi connectivity index (χ4n) is 2.23. The van der Waals surface area contributed by atoms with Crippen LogP contribution in [-0.4, -0.2) is 42.8 Å². The molecule has 1 rings (SSSR count). The summed E-state index contributed by atoms with van der Waals surface area (Å²) in [5.41, 5.74) is 0.0605. The standard InChI is InChI=1S/C18H25N2O5/c1-6-18(4,15-10-8-7-9-11-15)20(5)17(23)25-14(3)24-16(22)12-19-13(2)21/h7-11,14H,4,6,12H2,1-3,5H3,(H,19,21)/t14-,18?/m0/s1. The number of hydrogen-bond donors (Lipinski definition) is 1. The average molecular weight is 349 g/mol. The highest BCUT2D eigenvalue weighted by atomic mass is 16.7. The van der Waals surface area contributed by atoms with E-state index in [4.69, 9.17) is 9.47 Å². The lowest BCUT2D eigenvalue weighted by Gasteiger charge is -2.38. The molecule has 0 spiro atoms. The minimum atomic E-state index is -1.09. The van der Waals surface area contributed by atoms with Crippen molar-refractivity contribution >= 4 is 18.0 Å². The summed E-state index contributed by atoms with van der Waals surface area (Å²) in [6.07, 6.45) is -1.19. The predicted octanol–water partition coefficient (Wildman–Crippen LogP) is 2.22. The Morgan fingerprint density at radius 1 is 1.24 bits per heavy atom. The Balaban J connectivity index is 2.68. The van der Waals surface area contributed by atoms with Crippen molar-refractivity contribution in [2.75, 3.05) is 13.6 Å². The maximum atomic E-state index is 12.4. The Hall–Kier alpha value is -2.57. The van der Waals surface area contributed by atoms with Crippen molar-refractivity contribution < 1.29 is 23.9 Å². The van der Waals surface area contributed by atoms with Crippen LogP contribution in [0.5, 0.6) is 0 Å². The van der Waals surface area contributed by atoms with Gasteiger partial charge in [-0.2, -0.15) is 0 Å². The molecule has 25 heavy (non-hydrogen) atoms. The first-order chi connectivity index (χ1) is 11.7. The van der Waals surface area contributed by atoms with Crippen molar-refractivity contribution in [3.05, 3.63) is 42.8 Å². The van der Waals surface area contributed by atoms with Crippen molar-refractivity contribution in [1.29, 1.82) is 0 Å². The normalized spacial score (nSPS) is 14.0. The van der Waals surface area contributed by atoms with Gasteiger partial charge >= 0.3 is 12.1 Å². The summed E-state index contributed by atoms with van der Waals surface area (Å²) < 4.78 is 10.1. The van der Waals surface area contributed by atoms with E-state index in [1.807, 2.05) is 37.3 Å². The van der Waals surface area contributed by atoms with Gasteiger partial charge in [-0.3, -0.25) is 9.59 Å². The number of carbonyl (C=O) groups excluding carboxylic acids is 3. The summed E-state index contributed by atoms with van der Waals surface area (Å²) in [6.45, 7) is 8.51. The smallest absolute Gasteiger partial charge is 0.413 e. The Kier molecular flexibility index (Phi) is 7.42. The Morgan fingerprint density at radius 3 is 2.36 bits per heavy atom. The summed E-state index contributed by atoms with van der Waals surface area (Å²) in [7, 11) is 1.58. The first-order valence-electron chi connectivity index (χ1n) is 8.00. The number of nitrogens with one attached hydrogen (secondary N) is 1. The molecule has 7 nitrogen and oxygen atoms in total. The molecule has 137 valence electrons. The van der Waals surface area contributed by atoms with E-state index in [1.165, 1.54) is 18.7 Å². The number of amides is 2. The second kappa shape index (κ2) is 9.05. The number of hydrogen-bond acceptors (Lipinski definition) is 5. The van der Waals surface area contributed by atoms with Crippen LogP contribution in [0.4, 0.5) is 4.79 Å². The van der Waals surface area contributed by atoms with Crippen LogP contribution in [0.1, 0.15) is 32.8 Å². The van der Waals surface area contributed by atoms with E-state index in [9.17, 15) is 14.4 Å². The quantitative estimate of drug-likeness (QED) is 0.603. The van der Waals surface area contributed by atoms with Gasteiger partial charge in [0, 0.05) is 20.9 Å². The fraction of sp³-hybridized carbons (Fsp3) is 0.444. The zero-order valence-corrected chi connectivity index (χ0v) is 15.1. The van der Waals surface area contributed by atoms with Crippen LogP contribution in [0.2, 0.25) is 0 Å². The molecule has 1 aromatic carbocycles. The van der Waals surface area contributed by atoms with Gasteiger partial charge in [0.05, 0.1) is 5.54 Å². The van der Waals surface area contributed by atoms with Crippen molar-refractivity contribution in [3.63, 3.8) is 0 Å². The molecule has 0 aliphatic heterocycles. The summed E-state index contributed by atoms with van der Waals surface area (Å²) >= 11 is 0. The van der Waals surface area contributed by atoms with Gasteiger partial charge in [-0.25, -0.2) is 4.79 Å². The highest BCUT2D eigenvalue weighted by Gasteiger charge is 2.34. The van der Waals surface area contributed by atoms with Crippen LogP contribution in [0.15, 0.2) is 30.3 Å². The number of benzene rings is 1. The minimum Gasteiger partial charge on any atom is -0.424 e. The molecule has 0 aliphatic carbocycles. The molecular formula is C18H25N2O5. The second-order valence-electron chi connectivity index (χ2n) is 5.66. The van der Waals surface area contributed by atoms with Gasteiger partial charge in [0.2, 0.25) is 12.2 Å². The molecular weight excluding hydrogens is 324 g/mol. The lowest BCUT2D eigenvalue weighted by atomic mass is 9.88. The first kappa shape index (κ1) is 20.5. The molecule has 1 unspecified atom stereocenters. The topological polar surface area (TPSA) is 84.9 Å². The SMILES string of the molecule is [CH2]C(CC)(c1ccccc1)N(C)C(=O)O[C@@H](C)OC(=O)CNC(C)=O. The van der Waals surface area contributed by atoms with Crippen molar-refractivity contribution in [3.8, 4) is 0 Å². The molecule has 1 aromatic rings. The highest BCUT2D eigenvalue weighted by molar-refractivity contribution is 5.80. The van der Waals surface area contributed by atoms with E-state index >= 15 is 0 Å². The van der Waals surface area contributed by atoms with Gasteiger partial charge in [-0.15, -0.1) is 0 Å². The second-order valence-corrected chi connectivity index (χ2v) is 5.66. The third kappa shape index (κ3) is 5.77. The van der Waals surface area contributed by atoms with Crippen LogP contribution in [0, 0.1) is 6.92 Å². The first-order valence-corrected chi connectivity index (χ1v) is 8.00. The Bertz CT molecular complexity index is 605. The van der Waals surface area contributed by atoms with Gasteiger partial charge in [0.1, 0.15) is 6.54 Å². The minimum absolute atomic E-state index is 0.286. The van der Waals surface area contributed by atoms with Crippen LogP contribution < -0.4 is 5.32 Å². The van der Waals surface area contributed by atoms with Gasteiger partial charge in [-0.1, -0.05) is 37.3 Å². The molecule has 0 aliphatic rings. The monoisotopic (exact) mass is 349 g/mol. The molecule has 0 bridgehead atoms. The molecule has 0 saturated carbocycles. The molecule has 0 fully saturated rings. The lowest BCUT2D eigenvalue weighted by Crippen LogP contribution is -2.46. The molecule has 2 atom stereocenters. The number of rotatable bonds is 7. The van der Waals surface area contributed by atoms with Crippen molar-refractivity contribution in [1.82, 2.24) is 10.2 Å². The number of carbonyl (C=O) groups is 3. The third-order valence-corrected chi connectivity index (χ3v) is 3.86. The molecule has 0 heterocycles. The number of ether oxygens (including phenoxy) is 2. The summed E-state index contributed by atoms with van der Waals surface area (Å²) in [6, 6.07) is 9.40. The molecule has 7 heteroatoms. The van der Waals surface area contributed by atoms with Crippen LogP contribution in [-0.2, 0) is 24.6 Å². The zero-order valence-electron chi connectivity index (χ0n) is 15.1. The molecule has 1 N–H and O–H groups in total. The highest BCUT2D eigenvalue weighted by Crippen LogP contribution is 2.30. The molecule has 0 saturated heterocycles. The van der Waals surface area contributed by atoms with E-state index in [2.05, 4.69) is 12.2 Å². The van der Waals surface area contributed by atoms with Gasteiger partial charge in [0.25, 0.3) is 0 Å². The fourth-order valence-corrected chi connectivity index (χ4v) is 2.23. The van der Waals surface area contributed by atoms with E-state index in [0.29, 0.717) is 6.42 Å². The van der Waals surface area contributed by atoms with Crippen LogP contribution in [0.3, 0.4) is 0 Å². The summed E-state index contributed by atoms with van der Waals surface area (Å²) in [4.78, 5) is 36.0. The number of esters is 1. The van der Waals surface area contributed by atoms with Crippen LogP contribution >= 0.6 is 0 Å². The van der Waals surface area contributed by atoms with Crippen molar-refractivity contribution in [2.45, 2.75) is 39.0 Å².